The van der Waals surface area contributed by atoms with Crippen LogP contribution in [0.15, 0.2) is 0 Å². The average molecular weight is 325 g/mol. The predicted molar refractivity (Wildman–Crippen MR) is 88.2 cm³/mol. The summed E-state index contributed by atoms with van der Waals surface area (Å²) in [6, 6.07) is 0.280. The van der Waals surface area contributed by atoms with Crippen LogP contribution in [-0.2, 0) is 9.59 Å². The number of hydrogen-bond acceptors (Lipinski definition) is 4. The van der Waals surface area contributed by atoms with E-state index in [0.29, 0.717) is 30.2 Å². The van der Waals surface area contributed by atoms with Crippen molar-refractivity contribution in [2.24, 2.45) is 17.6 Å². The van der Waals surface area contributed by atoms with Crippen molar-refractivity contribution in [3.63, 3.8) is 0 Å². The summed E-state index contributed by atoms with van der Waals surface area (Å²) in [4.78, 5) is 26.4. The Bertz CT molecular complexity index is 431. The lowest BCUT2D eigenvalue weighted by atomic mass is 9.67. The number of nitrogens with two attached hydrogens (primary N) is 1. The first kappa shape index (κ1) is 16.1. The van der Waals surface area contributed by atoms with Gasteiger partial charge >= 0.3 is 0 Å². The van der Waals surface area contributed by atoms with Gasteiger partial charge in [-0.25, -0.2) is 0 Å². The summed E-state index contributed by atoms with van der Waals surface area (Å²) in [5, 5.41) is 3.29. The zero-order valence-electron chi connectivity index (χ0n) is 13.3. The lowest BCUT2D eigenvalue weighted by molar-refractivity contribution is -0.138. The molecule has 3 N–H and O–H groups in total. The Labute approximate surface area is 136 Å². The van der Waals surface area contributed by atoms with E-state index in [1.54, 1.807) is 16.7 Å². The second-order valence-electron chi connectivity index (χ2n) is 6.95. The fraction of sp³-hybridized carbons (Fsp3) is 0.875. The summed E-state index contributed by atoms with van der Waals surface area (Å²) in [6.45, 7) is 1.85. The van der Waals surface area contributed by atoms with E-state index in [-0.39, 0.29) is 23.9 Å². The molecule has 3 fully saturated rings. The number of nitrogens with zero attached hydrogens (tertiary/aromatic N) is 1. The van der Waals surface area contributed by atoms with E-state index in [9.17, 15) is 9.59 Å². The molecule has 3 rings (SSSR count). The Morgan fingerprint density at radius 2 is 1.95 bits per heavy atom. The zero-order valence-corrected chi connectivity index (χ0v) is 14.1. The number of nitrogens with one attached hydrogen (secondary N) is 1. The van der Waals surface area contributed by atoms with Gasteiger partial charge in [-0.2, -0.15) is 0 Å². The molecule has 0 radical (unpaired) electrons. The Morgan fingerprint density at radius 1 is 1.27 bits per heavy atom. The van der Waals surface area contributed by atoms with Crippen LogP contribution in [0.1, 0.15) is 45.4 Å². The first-order valence-electron chi connectivity index (χ1n) is 8.53. The molecule has 2 aliphatic carbocycles. The number of amides is 2. The van der Waals surface area contributed by atoms with Gasteiger partial charge in [0.2, 0.25) is 11.8 Å². The third kappa shape index (κ3) is 3.13. The molecule has 0 spiro atoms. The minimum Gasteiger partial charge on any atom is -0.351 e. The quantitative estimate of drug-likeness (QED) is 0.820. The molecule has 2 amide bonds. The van der Waals surface area contributed by atoms with Gasteiger partial charge in [0.15, 0.2) is 0 Å². The second kappa shape index (κ2) is 6.79. The molecule has 124 valence electrons. The monoisotopic (exact) mass is 325 g/mol. The molecule has 1 aliphatic heterocycles. The molecule has 3 unspecified atom stereocenters. The Hall–Kier alpha value is -0.750. The highest BCUT2D eigenvalue weighted by molar-refractivity contribution is 7.99. The van der Waals surface area contributed by atoms with Crippen molar-refractivity contribution in [2.75, 3.05) is 11.6 Å². The minimum atomic E-state index is -0.284. The van der Waals surface area contributed by atoms with Crippen LogP contribution in [0.5, 0.6) is 0 Å². The van der Waals surface area contributed by atoms with Crippen LogP contribution in [0.25, 0.3) is 0 Å². The Balaban J connectivity index is 1.65. The number of carbonyl (C=O) groups is 2. The Kier molecular flexibility index (Phi) is 4.97. The topological polar surface area (TPSA) is 75.4 Å². The van der Waals surface area contributed by atoms with Crippen molar-refractivity contribution in [3.8, 4) is 0 Å². The lowest BCUT2D eigenvalue weighted by Crippen LogP contribution is -2.57. The summed E-state index contributed by atoms with van der Waals surface area (Å²) < 4.78 is 0. The van der Waals surface area contributed by atoms with Gasteiger partial charge in [0.25, 0.3) is 0 Å². The fourth-order valence-electron chi connectivity index (χ4n) is 4.39. The maximum absolute atomic E-state index is 12.7. The van der Waals surface area contributed by atoms with E-state index < -0.39 is 0 Å². The zero-order chi connectivity index (χ0) is 15.7. The highest BCUT2D eigenvalue weighted by Gasteiger charge is 2.42. The van der Waals surface area contributed by atoms with Gasteiger partial charge < -0.3 is 16.0 Å². The van der Waals surface area contributed by atoms with Gasteiger partial charge in [-0.05, 0) is 37.5 Å². The molecule has 2 bridgehead atoms. The number of thioether (sulfide) groups is 1. The third-order valence-corrected chi connectivity index (χ3v) is 6.51. The van der Waals surface area contributed by atoms with E-state index in [4.69, 9.17) is 5.73 Å². The van der Waals surface area contributed by atoms with Crippen molar-refractivity contribution >= 4 is 23.6 Å². The van der Waals surface area contributed by atoms with E-state index in [0.717, 1.165) is 18.6 Å². The molecular formula is C16H27N3O2S. The number of carbonyl (C=O) groups excluding carboxylic acids is 2. The van der Waals surface area contributed by atoms with Crippen molar-refractivity contribution in [1.82, 2.24) is 10.2 Å². The molecule has 1 saturated heterocycles. The molecule has 2 saturated carbocycles. The second-order valence-corrected chi connectivity index (χ2v) is 7.95. The number of fused-ring (bicyclic) bond motifs is 2. The summed E-state index contributed by atoms with van der Waals surface area (Å²) in [7, 11) is 0. The molecule has 22 heavy (non-hydrogen) atoms. The standard InChI is InChI=1S/C16H27N3O2S/c1-2-14(20)19-9-22-8-13(19)16(21)18-15-10-4-3-5-11(15)7-12(17)6-10/h10-13,15H,2-9,17H2,1H3,(H,18,21). The van der Waals surface area contributed by atoms with Crippen LogP contribution in [0.4, 0.5) is 0 Å². The third-order valence-electron chi connectivity index (χ3n) is 5.49. The first-order chi connectivity index (χ1) is 10.6. The van der Waals surface area contributed by atoms with Crippen LogP contribution < -0.4 is 11.1 Å². The molecule has 0 aromatic rings. The van der Waals surface area contributed by atoms with Crippen molar-refractivity contribution < 1.29 is 9.59 Å². The molecule has 3 aliphatic rings. The summed E-state index contributed by atoms with van der Waals surface area (Å²) in [6.07, 6.45) is 6.12. The van der Waals surface area contributed by atoms with Gasteiger partial charge in [0, 0.05) is 24.3 Å². The van der Waals surface area contributed by atoms with Crippen molar-refractivity contribution in [1.29, 1.82) is 0 Å². The summed E-state index contributed by atoms with van der Waals surface area (Å²) in [5.41, 5.74) is 6.15. The fourth-order valence-corrected chi connectivity index (χ4v) is 5.57. The van der Waals surface area contributed by atoms with Gasteiger partial charge in [0.05, 0.1) is 5.88 Å². The van der Waals surface area contributed by atoms with Crippen LogP contribution in [0, 0.1) is 11.8 Å². The highest BCUT2D eigenvalue weighted by Crippen LogP contribution is 2.39. The molecule has 0 aromatic carbocycles. The molecule has 3 atom stereocenters. The highest BCUT2D eigenvalue weighted by atomic mass is 32.2. The molecule has 0 aromatic heterocycles. The Morgan fingerprint density at radius 3 is 2.59 bits per heavy atom. The molecule has 5 nitrogen and oxygen atoms in total. The summed E-state index contributed by atoms with van der Waals surface area (Å²) in [5.74, 6) is 2.54. The van der Waals surface area contributed by atoms with E-state index >= 15 is 0 Å². The molecule has 1 heterocycles. The van der Waals surface area contributed by atoms with Crippen LogP contribution in [0.2, 0.25) is 0 Å². The normalized spacial score (nSPS) is 37.9. The van der Waals surface area contributed by atoms with E-state index in [1.807, 2.05) is 6.92 Å². The van der Waals surface area contributed by atoms with E-state index in [2.05, 4.69) is 5.32 Å². The van der Waals surface area contributed by atoms with E-state index in [1.165, 1.54) is 19.3 Å². The van der Waals surface area contributed by atoms with Crippen LogP contribution in [-0.4, -0.2) is 46.5 Å². The average Bonchev–Trinajstić information content (AvgIpc) is 2.97. The van der Waals surface area contributed by atoms with Gasteiger partial charge in [-0.15, -0.1) is 11.8 Å². The molecule has 6 heteroatoms. The maximum Gasteiger partial charge on any atom is 0.243 e. The maximum atomic E-state index is 12.7. The smallest absolute Gasteiger partial charge is 0.243 e. The van der Waals surface area contributed by atoms with Gasteiger partial charge in [-0.3, -0.25) is 9.59 Å². The van der Waals surface area contributed by atoms with Gasteiger partial charge in [0.1, 0.15) is 6.04 Å². The number of hydrogen-bond donors (Lipinski definition) is 2. The predicted octanol–water partition coefficient (Wildman–Crippen LogP) is 1.32. The van der Waals surface area contributed by atoms with Crippen LogP contribution >= 0.6 is 11.8 Å². The number of rotatable bonds is 3. The molecular weight excluding hydrogens is 298 g/mol. The van der Waals surface area contributed by atoms with Crippen molar-refractivity contribution in [3.05, 3.63) is 0 Å². The largest absolute Gasteiger partial charge is 0.351 e. The minimum absolute atomic E-state index is 0.0455. The SMILES string of the molecule is CCC(=O)N1CSCC1C(=O)NC1C2CCCC1CC(N)C2. The van der Waals surface area contributed by atoms with Gasteiger partial charge in [-0.1, -0.05) is 13.3 Å². The first-order valence-corrected chi connectivity index (χ1v) is 9.68. The van der Waals surface area contributed by atoms with Crippen molar-refractivity contribution in [2.45, 2.75) is 63.6 Å². The lowest BCUT2D eigenvalue weighted by Gasteiger charge is -2.45. The van der Waals surface area contributed by atoms with Crippen LogP contribution in [0.3, 0.4) is 0 Å². The summed E-state index contributed by atoms with van der Waals surface area (Å²) >= 11 is 1.67.